The van der Waals surface area contributed by atoms with E-state index in [0.717, 1.165) is 11.1 Å². The molecule has 1 aliphatic carbocycles. The molecule has 0 N–H and O–H groups in total. The number of ether oxygens (including phenoxy) is 1. The number of rotatable bonds is 5. The van der Waals surface area contributed by atoms with Crippen molar-refractivity contribution in [2.24, 2.45) is 4.99 Å². The number of hydrogen-bond acceptors (Lipinski definition) is 4. The first-order chi connectivity index (χ1) is 16.4. The maximum absolute atomic E-state index is 15.9. The minimum absolute atomic E-state index is 0.0362. The summed E-state index contributed by atoms with van der Waals surface area (Å²) >= 11 is 0. The van der Waals surface area contributed by atoms with Crippen molar-refractivity contribution in [1.29, 1.82) is 0 Å². The molecule has 1 amide bonds. The number of methoxy groups -OCH3 is 1. The first-order valence-electron chi connectivity index (χ1n) is 11.0. The van der Waals surface area contributed by atoms with Crippen LogP contribution >= 0.6 is 0 Å². The summed E-state index contributed by atoms with van der Waals surface area (Å²) in [6.07, 6.45) is -1.23. The Morgan fingerprint density at radius 1 is 1.06 bits per heavy atom. The number of nitrogens with zero attached hydrogens (tertiary/aromatic N) is 2. The molecule has 3 aromatic carbocycles. The van der Waals surface area contributed by atoms with Crippen LogP contribution in [0, 0.1) is 5.82 Å². The van der Waals surface area contributed by atoms with E-state index in [1.165, 1.54) is 24.1 Å². The number of hydrogen-bond donors (Lipinski definition) is 0. The van der Waals surface area contributed by atoms with Gasteiger partial charge in [0.05, 0.1) is 23.9 Å². The van der Waals surface area contributed by atoms with Gasteiger partial charge in [-0.15, -0.1) is 0 Å². The van der Waals surface area contributed by atoms with Crippen molar-refractivity contribution in [3.63, 3.8) is 0 Å². The molecule has 0 radical (unpaired) electrons. The van der Waals surface area contributed by atoms with Gasteiger partial charge in [-0.25, -0.2) is 13.8 Å². The molecule has 2 atom stereocenters. The van der Waals surface area contributed by atoms with Gasteiger partial charge in [-0.2, -0.15) is 0 Å². The average molecular weight is 460 g/mol. The van der Waals surface area contributed by atoms with Crippen molar-refractivity contribution in [3.05, 3.63) is 101 Å². The van der Waals surface area contributed by atoms with Gasteiger partial charge in [-0.3, -0.25) is 9.59 Å². The lowest BCUT2D eigenvalue weighted by Gasteiger charge is -2.34. The van der Waals surface area contributed by atoms with Gasteiger partial charge >= 0.3 is 5.97 Å². The quantitative estimate of drug-likeness (QED) is 0.413. The summed E-state index contributed by atoms with van der Waals surface area (Å²) in [6.45, 7) is -0.389. The number of fused-ring (bicyclic) bond motifs is 2. The Kier molecular flexibility index (Phi) is 5.48. The third-order valence-electron chi connectivity index (χ3n) is 6.47. The van der Waals surface area contributed by atoms with Crippen molar-refractivity contribution in [1.82, 2.24) is 4.90 Å². The van der Waals surface area contributed by atoms with Crippen molar-refractivity contribution in [2.45, 2.75) is 18.0 Å². The van der Waals surface area contributed by atoms with Gasteiger partial charge in [0, 0.05) is 28.8 Å². The highest BCUT2D eigenvalue weighted by atomic mass is 19.1. The Hall–Kier alpha value is -3.87. The molecule has 1 saturated carbocycles. The fraction of sp³-hybridized carbons (Fsp3) is 0.222. The fourth-order valence-electron chi connectivity index (χ4n) is 4.62. The molecular weight excluding hydrogens is 438 g/mol. The maximum atomic E-state index is 15.9. The van der Waals surface area contributed by atoms with Crippen LogP contribution in [-0.2, 0) is 14.9 Å². The average Bonchev–Trinajstić information content (AvgIpc) is 3.50. The van der Waals surface area contributed by atoms with E-state index >= 15 is 4.39 Å². The summed E-state index contributed by atoms with van der Waals surface area (Å²) in [5.74, 6) is -1.83. The van der Waals surface area contributed by atoms with E-state index in [0.29, 0.717) is 5.71 Å². The Labute approximate surface area is 195 Å². The SMILES string of the molecule is COC(=O)CN1C[C@]2(C[C@H]2F)c2c(ccc(N=C(c3ccccc3)c3ccccc3)c2F)C1=O. The molecule has 1 fully saturated rings. The summed E-state index contributed by atoms with van der Waals surface area (Å²) in [6, 6.07) is 21.7. The zero-order chi connectivity index (χ0) is 23.9. The molecule has 2 aliphatic rings. The molecule has 34 heavy (non-hydrogen) atoms. The second-order valence-corrected chi connectivity index (χ2v) is 8.58. The zero-order valence-electron chi connectivity index (χ0n) is 18.5. The van der Waals surface area contributed by atoms with Gasteiger partial charge in [0.2, 0.25) is 0 Å². The molecule has 3 aromatic rings. The number of esters is 1. The van der Waals surface area contributed by atoms with Crippen LogP contribution in [0.15, 0.2) is 77.8 Å². The Bertz CT molecular complexity index is 1250. The number of alkyl halides is 1. The molecule has 172 valence electrons. The molecular formula is C27H22F2N2O3. The lowest BCUT2D eigenvalue weighted by molar-refractivity contribution is -0.141. The predicted molar refractivity (Wildman–Crippen MR) is 124 cm³/mol. The van der Waals surface area contributed by atoms with Gasteiger partial charge in [0.25, 0.3) is 5.91 Å². The van der Waals surface area contributed by atoms with Crippen molar-refractivity contribution in [2.75, 3.05) is 20.2 Å². The van der Waals surface area contributed by atoms with E-state index in [1.807, 2.05) is 60.7 Å². The molecule has 1 spiro atoms. The molecule has 0 aromatic heterocycles. The van der Waals surface area contributed by atoms with E-state index in [4.69, 9.17) is 0 Å². The molecule has 5 rings (SSSR count). The lowest BCUT2D eigenvalue weighted by Crippen LogP contribution is -2.47. The number of aliphatic imine (C=N–C) groups is 1. The third-order valence-corrected chi connectivity index (χ3v) is 6.47. The molecule has 0 bridgehead atoms. The van der Waals surface area contributed by atoms with Gasteiger partial charge in [-0.1, -0.05) is 60.7 Å². The smallest absolute Gasteiger partial charge is 0.325 e. The summed E-state index contributed by atoms with van der Waals surface area (Å²) < 4.78 is 35.3. The highest BCUT2D eigenvalue weighted by Gasteiger charge is 2.62. The monoisotopic (exact) mass is 460 g/mol. The van der Waals surface area contributed by atoms with Crippen LogP contribution < -0.4 is 0 Å². The molecule has 5 nitrogen and oxygen atoms in total. The fourth-order valence-corrected chi connectivity index (χ4v) is 4.62. The molecule has 0 unspecified atom stereocenters. The number of halogens is 2. The van der Waals surface area contributed by atoms with E-state index in [1.54, 1.807) is 0 Å². The van der Waals surface area contributed by atoms with Crippen LogP contribution in [0.5, 0.6) is 0 Å². The second-order valence-electron chi connectivity index (χ2n) is 8.58. The normalized spacial score (nSPS) is 20.6. The molecule has 7 heteroatoms. The van der Waals surface area contributed by atoms with E-state index in [2.05, 4.69) is 9.73 Å². The number of amides is 1. The first kappa shape index (κ1) is 21.9. The topological polar surface area (TPSA) is 59.0 Å². The largest absolute Gasteiger partial charge is 0.468 e. The van der Waals surface area contributed by atoms with Crippen LogP contribution in [0.1, 0.15) is 33.5 Å². The van der Waals surface area contributed by atoms with Crippen LogP contribution in [0.25, 0.3) is 0 Å². The van der Waals surface area contributed by atoms with Crippen molar-refractivity contribution in [3.8, 4) is 0 Å². The highest BCUT2D eigenvalue weighted by molar-refractivity contribution is 6.14. The number of carbonyl (C=O) groups is 2. The first-order valence-corrected chi connectivity index (χ1v) is 11.0. The van der Waals surface area contributed by atoms with Gasteiger partial charge in [0.15, 0.2) is 5.82 Å². The minimum atomic E-state index is -1.31. The molecule has 0 saturated heterocycles. The Morgan fingerprint density at radius 3 is 2.18 bits per heavy atom. The molecule has 1 heterocycles. The van der Waals surface area contributed by atoms with E-state index < -0.39 is 29.3 Å². The van der Waals surface area contributed by atoms with E-state index in [9.17, 15) is 14.0 Å². The van der Waals surface area contributed by atoms with Gasteiger partial charge in [0.1, 0.15) is 12.7 Å². The van der Waals surface area contributed by atoms with Gasteiger partial charge < -0.3 is 9.64 Å². The number of carbonyl (C=O) groups excluding carboxylic acids is 2. The highest BCUT2D eigenvalue weighted by Crippen LogP contribution is 2.56. The lowest BCUT2D eigenvalue weighted by atomic mass is 9.85. The maximum Gasteiger partial charge on any atom is 0.325 e. The standard InChI is InChI=1S/C27H22F2N2O3/c1-34-22(32)15-31-16-27(14-21(27)28)23-19(26(31)33)12-13-20(24(23)29)30-25(17-8-4-2-5-9-17)18-10-6-3-7-11-18/h2-13,21H,14-16H2,1H3/t21-,27+/m1/s1. The Balaban J connectivity index is 1.63. The third kappa shape index (κ3) is 3.67. The minimum Gasteiger partial charge on any atom is -0.468 e. The Morgan fingerprint density at radius 2 is 1.65 bits per heavy atom. The summed E-state index contributed by atoms with van der Waals surface area (Å²) in [5.41, 5.74) is 1.14. The van der Waals surface area contributed by atoms with Gasteiger partial charge in [-0.05, 0) is 18.6 Å². The van der Waals surface area contributed by atoms with Crippen LogP contribution in [-0.4, -0.2) is 48.9 Å². The van der Waals surface area contributed by atoms with Crippen LogP contribution in [0.2, 0.25) is 0 Å². The summed E-state index contributed by atoms with van der Waals surface area (Å²) in [7, 11) is 1.22. The van der Waals surface area contributed by atoms with Crippen LogP contribution in [0.3, 0.4) is 0 Å². The molecule has 1 aliphatic heterocycles. The van der Waals surface area contributed by atoms with E-state index in [-0.39, 0.29) is 36.3 Å². The number of benzene rings is 3. The predicted octanol–water partition coefficient (Wildman–Crippen LogP) is 4.60. The van der Waals surface area contributed by atoms with Crippen LogP contribution in [0.4, 0.5) is 14.5 Å². The van der Waals surface area contributed by atoms with Crippen molar-refractivity contribution < 1.29 is 23.1 Å². The van der Waals surface area contributed by atoms with Crippen molar-refractivity contribution >= 4 is 23.3 Å². The zero-order valence-corrected chi connectivity index (χ0v) is 18.5. The summed E-state index contributed by atoms with van der Waals surface area (Å²) in [4.78, 5) is 30.7. The second kappa shape index (κ2) is 8.48. The summed E-state index contributed by atoms with van der Waals surface area (Å²) in [5, 5.41) is 0.